The third kappa shape index (κ3) is 2.97. The van der Waals surface area contributed by atoms with Crippen LogP contribution < -0.4 is 5.73 Å². The maximum absolute atomic E-state index is 6.22. The van der Waals surface area contributed by atoms with Crippen LogP contribution in [0, 0.1) is 0 Å². The van der Waals surface area contributed by atoms with E-state index in [2.05, 4.69) is 15.0 Å². The summed E-state index contributed by atoms with van der Waals surface area (Å²) >= 11 is 0. The molecule has 2 N–H and O–H groups in total. The summed E-state index contributed by atoms with van der Waals surface area (Å²) in [7, 11) is 0. The second-order valence-corrected chi connectivity index (χ2v) is 4.96. The Labute approximate surface area is 135 Å². The number of hydrogen-bond acceptors (Lipinski definition) is 5. The summed E-state index contributed by atoms with van der Waals surface area (Å²) in [6.45, 7) is 0.762. The lowest BCUT2D eigenvalue weighted by Crippen LogP contribution is -2.37. The summed E-state index contributed by atoms with van der Waals surface area (Å²) < 4.78 is 6.22. The van der Waals surface area contributed by atoms with Crippen LogP contribution in [-0.4, -0.2) is 28.1 Å². The van der Waals surface area contributed by atoms with E-state index in [1.54, 1.807) is 18.6 Å². The Bertz CT molecular complexity index is 623. The topological polar surface area (TPSA) is 73.9 Å². The average Bonchev–Trinajstić information content (AvgIpc) is 2.65. The first kappa shape index (κ1) is 15.3. The van der Waals surface area contributed by atoms with Gasteiger partial charge < -0.3 is 10.5 Å². The van der Waals surface area contributed by atoms with Crippen molar-refractivity contribution < 1.29 is 4.74 Å². The van der Waals surface area contributed by atoms with Crippen molar-refractivity contribution in [2.24, 2.45) is 5.73 Å². The predicted molar refractivity (Wildman–Crippen MR) is 87.6 cm³/mol. The van der Waals surface area contributed by atoms with Crippen LogP contribution in [-0.2, 0) is 10.3 Å². The number of ether oxygens (including phenoxy) is 1. The van der Waals surface area contributed by atoms with E-state index in [1.165, 1.54) is 0 Å². The molecule has 3 rings (SSSR count). The van der Waals surface area contributed by atoms with Crippen LogP contribution in [0.15, 0.2) is 73.2 Å². The molecule has 23 heavy (non-hydrogen) atoms. The van der Waals surface area contributed by atoms with Gasteiger partial charge in [-0.1, -0.05) is 18.2 Å². The molecule has 0 aliphatic heterocycles. The minimum absolute atomic E-state index is 0.365. The molecular weight excluding hydrogens is 288 g/mol. The van der Waals surface area contributed by atoms with Gasteiger partial charge in [0.1, 0.15) is 0 Å². The van der Waals surface area contributed by atoms with Crippen LogP contribution in [0.2, 0.25) is 0 Å². The van der Waals surface area contributed by atoms with Gasteiger partial charge in [0, 0.05) is 25.1 Å². The van der Waals surface area contributed by atoms with Gasteiger partial charge in [-0.3, -0.25) is 15.0 Å². The Hall–Kier alpha value is -2.63. The quantitative estimate of drug-likeness (QED) is 0.755. The molecule has 0 radical (unpaired) electrons. The van der Waals surface area contributed by atoms with Crippen molar-refractivity contribution in [2.45, 2.75) is 5.60 Å². The van der Waals surface area contributed by atoms with E-state index in [4.69, 9.17) is 10.5 Å². The highest BCUT2D eigenvalue weighted by molar-refractivity contribution is 5.38. The monoisotopic (exact) mass is 306 g/mol. The highest BCUT2D eigenvalue weighted by Crippen LogP contribution is 2.36. The van der Waals surface area contributed by atoms with E-state index in [9.17, 15) is 0 Å². The Morgan fingerprint density at radius 2 is 1.17 bits per heavy atom. The van der Waals surface area contributed by atoms with E-state index < -0.39 is 5.60 Å². The zero-order valence-corrected chi connectivity index (χ0v) is 12.7. The molecule has 116 valence electrons. The summed E-state index contributed by atoms with van der Waals surface area (Å²) in [5, 5.41) is 0. The van der Waals surface area contributed by atoms with E-state index in [1.807, 2.05) is 54.6 Å². The van der Waals surface area contributed by atoms with Gasteiger partial charge in [0.05, 0.1) is 23.7 Å². The first-order chi connectivity index (χ1) is 11.4. The molecular formula is C18H18N4O. The van der Waals surface area contributed by atoms with Crippen LogP contribution in [0.1, 0.15) is 17.1 Å². The van der Waals surface area contributed by atoms with E-state index in [0.717, 1.165) is 17.1 Å². The predicted octanol–water partition coefficient (Wildman–Crippen LogP) is 2.14. The summed E-state index contributed by atoms with van der Waals surface area (Å²) in [6.07, 6.45) is 5.21. The molecule has 0 unspecified atom stereocenters. The Morgan fingerprint density at radius 1 is 0.739 bits per heavy atom. The molecule has 0 saturated heterocycles. The Kier molecular flexibility index (Phi) is 4.71. The smallest absolute Gasteiger partial charge is 0.193 e. The number of nitrogens with two attached hydrogens (primary N) is 1. The second-order valence-electron chi connectivity index (χ2n) is 4.96. The van der Waals surface area contributed by atoms with E-state index in [-0.39, 0.29) is 0 Å². The first-order valence-electron chi connectivity index (χ1n) is 7.46. The molecule has 0 fully saturated rings. The van der Waals surface area contributed by atoms with Gasteiger partial charge in [-0.25, -0.2) is 0 Å². The van der Waals surface area contributed by atoms with Crippen molar-refractivity contribution in [1.29, 1.82) is 0 Å². The molecule has 0 spiro atoms. The summed E-state index contributed by atoms with van der Waals surface area (Å²) in [5.74, 6) is 0. The number of aromatic nitrogens is 3. The van der Waals surface area contributed by atoms with Crippen molar-refractivity contribution in [3.8, 4) is 0 Å². The Morgan fingerprint density at radius 3 is 1.48 bits per heavy atom. The maximum Gasteiger partial charge on any atom is 0.193 e. The van der Waals surface area contributed by atoms with Crippen molar-refractivity contribution in [2.75, 3.05) is 13.2 Å². The molecule has 3 aromatic heterocycles. The molecule has 0 aliphatic rings. The largest absolute Gasteiger partial charge is 0.355 e. The van der Waals surface area contributed by atoms with Gasteiger partial charge >= 0.3 is 0 Å². The lowest BCUT2D eigenvalue weighted by atomic mass is 9.89. The highest BCUT2D eigenvalue weighted by Gasteiger charge is 2.41. The first-order valence-corrected chi connectivity index (χ1v) is 7.46. The van der Waals surface area contributed by atoms with Gasteiger partial charge in [0.15, 0.2) is 5.60 Å². The zero-order chi connectivity index (χ0) is 16.0. The fourth-order valence-electron chi connectivity index (χ4n) is 2.54. The SMILES string of the molecule is NCCOC(c1ccccn1)(c1ccccn1)c1ccccn1. The minimum atomic E-state index is -0.983. The van der Waals surface area contributed by atoms with Gasteiger partial charge in [-0.15, -0.1) is 0 Å². The molecule has 5 heteroatoms. The number of nitrogens with zero attached hydrogens (tertiary/aromatic N) is 3. The van der Waals surface area contributed by atoms with Crippen LogP contribution in [0.5, 0.6) is 0 Å². The Balaban J connectivity index is 2.25. The standard InChI is InChI=1S/C18H18N4O/c19-10-14-23-18(15-7-1-4-11-20-15,16-8-2-5-12-21-16)17-9-3-6-13-22-17/h1-9,11-13H,10,14,19H2. The van der Waals surface area contributed by atoms with Gasteiger partial charge in [-0.2, -0.15) is 0 Å². The molecule has 5 nitrogen and oxygen atoms in total. The van der Waals surface area contributed by atoms with Gasteiger partial charge in [0.25, 0.3) is 0 Å². The fourth-order valence-corrected chi connectivity index (χ4v) is 2.54. The molecule has 0 aliphatic carbocycles. The molecule has 0 bridgehead atoms. The molecule has 0 saturated carbocycles. The summed E-state index contributed by atoms with van der Waals surface area (Å²) in [4.78, 5) is 13.5. The zero-order valence-electron chi connectivity index (χ0n) is 12.7. The molecule has 0 atom stereocenters. The summed E-state index contributed by atoms with van der Waals surface area (Å²) in [5.41, 5.74) is 6.88. The van der Waals surface area contributed by atoms with Crippen molar-refractivity contribution in [3.05, 3.63) is 90.3 Å². The average molecular weight is 306 g/mol. The summed E-state index contributed by atoms with van der Waals surface area (Å²) in [6, 6.07) is 17.1. The van der Waals surface area contributed by atoms with Crippen LogP contribution >= 0.6 is 0 Å². The van der Waals surface area contributed by atoms with Crippen molar-refractivity contribution >= 4 is 0 Å². The lowest BCUT2D eigenvalue weighted by Gasteiger charge is -2.32. The fraction of sp³-hybridized carbons (Fsp3) is 0.167. The van der Waals surface area contributed by atoms with Crippen LogP contribution in [0.3, 0.4) is 0 Å². The highest BCUT2D eigenvalue weighted by atomic mass is 16.5. The normalized spacial score (nSPS) is 11.3. The molecule has 0 amide bonds. The number of rotatable bonds is 6. The van der Waals surface area contributed by atoms with Gasteiger partial charge in [0.2, 0.25) is 0 Å². The van der Waals surface area contributed by atoms with E-state index >= 15 is 0 Å². The maximum atomic E-state index is 6.22. The van der Waals surface area contributed by atoms with Crippen LogP contribution in [0.4, 0.5) is 0 Å². The molecule has 3 aromatic rings. The third-order valence-electron chi connectivity index (χ3n) is 3.51. The van der Waals surface area contributed by atoms with Crippen LogP contribution in [0.25, 0.3) is 0 Å². The lowest BCUT2D eigenvalue weighted by molar-refractivity contribution is 0.00851. The van der Waals surface area contributed by atoms with E-state index in [0.29, 0.717) is 13.2 Å². The number of pyridine rings is 3. The van der Waals surface area contributed by atoms with Crippen molar-refractivity contribution in [1.82, 2.24) is 15.0 Å². The third-order valence-corrected chi connectivity index (χ3v) is 3.51. The second kappa shape index (κ2) is 7.09. The van der Waals surface area contributed by atoms with Gasteiger partial charge in [-0.05, 0) is 36.4 Å². The number of hydrogen-bond donors (Lipinski definition) is 1. The molecule has 0 aromatic carbocycles. The minimum Gasteiger partial charge on any atom is -0.355 e. The van der Waals surface area contributed by atoms with Crippen molar-refractivity contribution in [3.63, 3.8) is 0 Å². The molecule has 3 heterocycles.